The van der Waals surface area contributed by atoms with E-state index in [1.807, 2.05) is 36.1 Å². The van der Waals surface area contributed by atoms with E-state index in [9.17, 15) is 4.79 Å². The summed E-state index contributed by atoms with van der Waals surface area (Å²) in [6, 6.07) is 7.83. The van der Waals surface area contributed by atoms with Crippen molar-refractivity contribution in [2.45, 2.75) is 58.5 Å². The third kappa shape index (κ3) is 4.07. The minimum atomic E-state index is -0.537. The van der Waals surface area contributed by atoms with Crippen molar-refractivity contribution < 1.29 is 4.79 Å². The normalized spacial score (nSPS) is 17.2. The highest BCUT2D eigenvalue weighted by Crippen LogP contribution is 2.26. The molecule has 1 aromatic rings. The highest BCUT2D eigenvalue weighted by atomic mass is 16.2. The molecule has 21 heavy (non-hydrogen) atoms. The first kappa shape index (κ1) is 16.0. The van der Waals surface area contributed by atoms with Gasteiger partial charge in [-0.2, -0.15) is 0 Å². The van der Waals surface area contributed by atoms with Crippen LogP contribution in [0, 0.1) is 12.8 Å². The summed E-state index contributed by atoms with van der Waals surface area (Å²) in [6.45, 7) is 7.17. The van der Waals surface area contributed by atoms with Crippen molar-refractivity contribution in [3.63, 3.8) is 0 Å². The molecule has 1 amide bonds. The van der Waals surface area contributed by atoms with Gasteiger partial charge in [-0.15, -0.1) is 0 Å². The third-order valence-corrected chi connectivity index (χ3v) is 4.31. The Morgan fingerprint density at radius 1 is 1.24 bits per heavy atom. The molecule has 1 fully saturated rings. The van der Waals surface area contributed by atoms with Crippen LogP contribution in [0.15, 0.2) is 24.3 Å². The van der Waals surface area contributed by atoms with Crippen LogP contribution in [-0.4, -0.2) is 23.4 Å². The molecule has 1 aromatic carbocycles. The van der Waals surface area contributed by atoms with Crippen LogP contribution < -0.4 is 5.73 Å². The lowest BCUT2D eigenvalue weighted by molar-refractivity contribution is -0.135. The second-order valence-electron chi connectivity index (χ2n) is 6.71. The van der Waals surface area contributed by atoms with E-state index in [1.165, 1.54) is 18.4 Å². The van der Waals surface area contributed by atoms with E-state index in [1.54, 1.807) is 0 Å². The number of amides is 1. The maximum absolute atomic E-state index is 12.9. The monoisotopic (exact) mass is 288 g/mol. The average molecular weight is 288 g/mol. The predicted octanol–water partition coefficient (Wildman–Crippen LogP) is 3.42. The fraction of sp³-hybridized carbons (Fsp3) is 0.611. The lowest BCUT2D eigenvalue weighted by Gasteiger charge is -2.33. The first-order chi connectivity index (χ1) is 9.99. The van der Waals surface area contributed by atoms with E-state index in [4.69, 9.17) is 5.73 Å². The lowest BCUT2D eigenvalue weighted by Crippen LogP contribution is -2.45. The fourth-order valence-corrected chi connectivity index (χ4v) is 3.12. The zero-order valence-corrected chi connectivity index (χ0v) is 13.5. The van der Waals surface area contributed by atoms with E-state index in [0.29, 0.717) is 12.0 Å². The molecule has 3 nitrogen and oxygen atoms in total. The molecule has 0 heterocycles. The van der Waals surface area contributed by atoms with E-state index in [-0.39, 0.29) is 5.91 Å². The van der Waals surface area contributed by atoms with Gasteiger partial charge in [-0.25, -0.2) is 0 Å². The van der Waals surface area contributed by atoms with Gasteiger partial charge in [-0.3, -0.25) is 4.79 Å². The van der Waals surface area contributed by atoms with Crippen molar-refractivity contribution >= 4 is 5.91 Å². The second-order valence-corrected chi connectivity index (χ2v) is 6.71. The van der Waals surface area contributed by atoms with Gasteiger partial charge in [0.2, 0.25) is 5.91 Å². The van der Waals surface area contributed by atoms with E-state index >= 15 is 0 Å². The number of nitrogens with two attached hydrogens (primary N) is 1. The minimum absolute atomic E-state index is 0.0828. The number of nitrogens with zero attached hydrogens (tertiary/aromatic N) is 1. The molecule has 1 saturated carbocycles. The zero-order valence-electron chi connectivity index (χ0n) is 13.5. The quantitative estimate of drug-likeness (QED) is 0.902. The molecule has 0 aliphatic heterocycles. The number of benzene rings is 1. The first-order valence-electron chi connectivity index (χ1n) is 8.11. The molecule has 3 heteroatoms. The Bertz CT molecular complexity index is 461. The first-order valence-corrected chi connectivity index (χ1v) is 8.11. The second kappa shape index (κ2) is 7.08. The minimum Gasteiger partial charge on any atom is -0.338 e. The van der Waals surface area contributed by atoms with Crippen molar-refractivity contribution in [3.05, 3.63) is 35.4 Å². The molecular weight excluding hydrogens is 260 g/mol. The van der Waals surface area contributed by atoms with E-state index in [0.717, 1.165) is 24.9 Å². The van der Waals surface area contributed by atoms with Gasteiger partial charge in [0.15, 0.2) is 0 Å². The molecule has 1 aliphatic carbocycles. The van der Waals surface area contributed by atoms with E-state index < -0.39 is 6.04 Å². The summed E-state index contributed by atoms with van der Waals surface area (Å²) in [5, 5.41) is 0. The Morgan fingerprint density at radius 2 is 1.81 bits per heavy atom. The molecule has 116 valence electrons. The Hall–Kier alpha value is -1.35. The summed E-state index contributed by atoms with van der Waals surface area (Å²) in [7, 11) is 0. The topological polar surface area (TPSA) is 46.3 Å². The average Bonchev–Trinajstić information content (AvgIpc) is 2.98. The number of carbonyl (C=O) groups excluding carboxylic acids is 1. The van der Waals surface area contributed by atoms with Crippen LogP contribution in [0.2, 0.25) is 0 Å². The molecule has 0 saturated heterocycles. The summed E-state index contributed by atoms with van der Waals surface area (Å²) in [5.74, 6) is 0.555. The van der Waals surface area contributed by atoms with Crippen molar-refractivity contribution in [1.29, 1.82) is 0 Å². The molecule has 0 bridgehead atoms. The summed E-state index contributed by atoms with van der Waals surface area (Å²) >= 11 is 0. The Labute approximate surface area is 128 Å². The molecule has 2 rings (SSSR count). The maximum atomic E-state index is 12.9. The molecule has 0 aromatic heterocycles. The van der Waals surface area contributed by atoms with Crippen LogP contribution in [0.4, 0.5) is 0 Å². The molecule has 0 spiro atoms. The van der Waals surface area contributed by atoms with Crippen molar-refractivity contribution in [3.8, 4) is 0 Å². The van der Waals surface area contributed by atoms with Crippen LogP contribution in [0.25, 0.3) is 0 Å². The number of hydrogen-bond donors (Lipinski definition) is 1. The predicted molar refractivity (Wildman–Crippen MR) is 86.9 cm³/mol. The van der Waals surface area contributed by atoms with Crippen LogP contribution in [0.5, 0.6) is 0 Å². The van der Waals surface area contributed by atoms with Gasteiger partial charge in [-0.1, -0.05) is 56.5 Å². The number of rotatable bonds is 5. The van der Waals surface area contributed by atoms with Gasteiger partial charge in [0.05, 0.1) is 0 Å². The van der Waals surface area contributed by atoms with Crippen molar-refractivity contribution in [2.75, 3.05) is 6.54 Å². The summed E-state index contributed by atoms with van der Waals surface area (Å²) in [4.78, 5) is 14.9. The lowest BCUT2D eigenvalue weighted by atomic mass is 10.0. The van der Waals surface area contributed by atoms with Gasteiger partial charge in [0.1, 0.15) is 6.04 Å². The van der Waals surface area contributed by atoms with Crippen molar-refractivity contribution in [1.82, 2.24) is 4.90 Å². The van der Waals surface area contributed by atoms with Gasteiger partial charge in [0, 0.05) is 12.6 Å². The van der Waals surface area contributed by atoms with Crippen LogP contribution in [0.3, 0.4) is 0 Å². The van der Waals surface area contributed by atoms with Gasteiger partial charge < -0.3 is 10.6 Å². The number of carbonyl (C=O) groups is 1. The molecule has 2 N–H and O–H groups in total. The standard InChI is InChI=1S/C18H28N2O/c1-13(2)12-20(16-6-4-5-7-16)18(21)17(19)15-10-8-14(3)9-11-15/h8-11,13,16-17H,4-7,12,19H2,1-3H3. The van der Waals surface area contributed by atoms with Gasteiger partial charge in [0.25, 0.3) is 0 Å². The Morgan fingerprint density at radius 3 is 2.33 bits per heavy atom. The number of hydrogen-bond acceptors (Lipinski definition) is 2. The fourth-order valence-electron chi connectivity index (χ4n) is 3.12. The smallest absolute Gasteiger partial charge is 0.244 e. The third-order valence-electron chi connectivity index (χ3n) is 4.31. The summed E-state index contributed by atoms with van der Waals surface area (Å²) < 4.78 is 0. The molecule has 1 atom stereocenters. The molecule has 1 unspecified atom stereocenters. The Balaban J connectivity index is 2.14. The van der Waals surface area contributed by atoms with Crippen LogP contribution in [-0.2, 0) is 4.79 Å². The van der Waals surface area contributed by atoms with Crippen LogP contribution >= 0.6 is 0 Å². The largest absolute Gasteiger partial charge is 0.338 e. The Kier molecular flexibility index (Phi) is 5.40. The highest BCUT2D eigenvalue weighted by Gasteiger charge is 2.30. The van der Waals surface area contributed by atoms with Gasteiger partial charge >= 0.3 is 0 Å². The van der Waals surface area contributed by atoms with Crippen molar-refractivity contribution in [2.24, 2.45) is 11.7 Å². The van der Waals surface area contributed by atoms with E-state index in [2.05, 4.69) is 13.8 Å². The van der Waals surface area contributed by atoms with Crippen LogP contribution in [0.1, 0.15) is 56.7 Å². The molecule has 0 radical (unpaired) electrons. The molecular formula is C18H28N2O. The molecule has 1 aliphatic rings. The highest BCUT2D eigenvalue weighted by molar-refractivity contribution is 5.83. The summed E-state index contributed by atoms with van der Waals surface area (Å²) in [6.07, 6.45) is 4.71. The van der Waals surface area contributed by atoms with Gasteiger partial charge in [-0.05, 0) is 31.2 Å². The number of aryl methyl sites for hydroxylation is 1. The summed E-state index contributed by atoms with van der Waals surface area (Å²) in [5.41, 5.74) is 8.34. The maximum Gasteiger partial charge on any atom is 0.244 e. The zero-order chi connectivity index (χ0) is 15.4. The SMILES string of the molecule is Cc1ccc(C(N)C(=O)N(CC(C)C)C2CCCC2)cc1.